The van der Waals surface area contributed by atoms with Gasteiger partial charge in [0, 0.05) is 5.33 Å². The van der Waals surface area contributed by atoms with E-state index in [-0.39, 0.29) is 5.33 Å². The van der Waals surface area contributed by atoms with Crippen molar-refractivity contribution >= 4 is 36.3 Å². The van der Waals surface area contributed by atoms with E-state index in [1.54, 1.807) is 0 Å². The standard InChI is InChI=1S/C2H5Br2P/c1-2-5(3)4/h2H2,1H3. The molecule has 0 atom stereocenters. The van der Waals surface area contributed by atoms with Crippen LogP contribution < -0.4 is 0 Å². The summed E-state index contributed by atoms with van der Waals surface area (Å²) in [5.74, 6) is 0. The summed E-state index contributed by atoms with van der Waals surface area (Å²) in [6.45, 7) is 2.13. The van der Waals surface area contributed by atoms with Crippen LogP contribution in [-0.4, -0.2) is 6.16 Å². The lowest BCUT2D eigenvalue weighted by Crippen LogP contribution is -1.49. The summed E-state index contributed by atoms with van der Waals surface area (Å²) >= 11 is 6.71. The van der Waals surface area contributed by atoms with Gasteiger partial charge in [0.25, 0.3) is 0 Å². The summed E-state index contributed by atoms with van der Waals surface area (Å²) in [6.07, 6.45) is 1.20. The second kappa shape index (κ2) is 3.58. The fourth-order valence-corrected chi connectivity index (χ4v) is 0. The van der Waals surface area contributed by atoms with E-state index in [1.807, 2.05) is 0 Å². The van der Waals surface area contributed by atoms with Gasteiger partial charge in [0.2, 0.25) is 0 Å². The van der Waals surface area contributed by atoms with Gasteiger partial charge in [0.05, 0.1) is 0 Å². The zero-order valence-electron chi connectivity index (χ0n) is 2.91. The van der Waals surface area contributed by atoms with Crippen molar-refractivity contribution in [2.75, 3.05) is 6.16 Å². The highest BCUT2D eigenvalue weighted by Gasteiger charge is 1.84. The monoisotopic (exact) mass is 218 g/mol. The number of halogens is 2. The predicted octanol–water partition coefficient (Wildman–Crippen LogP) is 3.11. The normalized spacial score (nSPS) is 9.60. The third-order valence-corrected chi connectivity index (χ3v) is 3.73. The maximum atomic E-state index is 3.35. The van der Waals surface area contributed by atoms with E-state index < -0.39 is 0 Å². The van der Waals surface area contributed by atoms with E-state index in [4.69, 9.17) is 0 Å². The van der Waals surface area contributed by atoms with Gasteiger partial charge >= 0.3 is 0 Å². The van der Waals surface area contributed by atoms with Gasteiger partial charge < -0.3 is 0 Å². The fourth-order valence-electron chi connectivity index (χ4n) is 0. The lowest BCUT2D eigenvalue weighted by molar-refractivity contribution is 1.53. The summed E-state index contributed by atoms with van der Waals surface area (Å²) in [6, 6.07) is 0. The molecule has 0 spiro atoms. The van der Waals surface area contributed by atoms with Crippen molar-refractivity contribution < 1.29 is 0 Å². The molecule has 32 valence electrons. The summed E-state index contributed by atoms with van der Waals surface area (Å²) in [7, 11) is 0. The molecule has 3 heteroatoms. The molecule has 5 heavy (non-hydrogen) atoms. The maximum absolute atomic E-state index is 3.35. The molecule has 0 bridgehead atoms. The number of hydrogen-bond acceptors (Lipinski definition) is 0. The maximum Gasteiger partial charge on any atom is 0.0343 e. The first-order valence-electron chi connectivity index (χ1n) is 1.36. The molecule has 0 aliphatic rings. The first-order valence-corrected chi connectivity index (χ1v) is 6.93. The van der Waals surface area contributed by atoms with Crippen LogP contribution in [0.2, 0.25) is 0 Å². The van der Waals surface area contributed by atoms with Crippen LogP contribution in [-0.2, 0) is 0 Å². The van der Waals surface area contributed by atoms with E-state index in [0.717, 1.165) is 0 Å². The summed E-state index contributed by atoms with van der Waals surface area (Å²) in [4.78, 5) is 0. The van der Waals surface area contributed by atoms with Crippen LogP contribution in [0, 0.1) is 0 Å². The molecule has 0 fully saturated rings. The minimum atomic E-state index is 0.0267. The Kier molecular flexibility index (Phi) is 4.57. The van der Waals surface area contributed by atoms with E-state index in [1.165, 1.54) is 6.16 Å². The minimum absolute atomic E-state index is 0.0267. The second-order valence-corrected chi connectivity index (χ2v) is 9.85. The molecule has 0 unspecified atom stereocenters. The molecule has 0 radical (unpaired) electrons. The Balaban J connectivity index is 2.54. The van der Waals surface area contributed by atoms with Crippen molar-refractivity contribution in [1.29, 1.82) is 0 Å². The zero-order chi connectivity index (χ0) is 4.28. The van der Waals surface area contributed by atoms with Gasteiger partial charge in [-0.05, 0) is 37.1 Å². The molecule has 0 aromatic rings. The molecule has 0 N–H and O–H groups in total. The first kappa shape index (κ1) is 6.39. The predicted molar refractivity (Wildman–Crippen MR) is 35.3 cm³/mol. The van der Waals surface area contributed by atoms with Gasteiger partial charge in [0.15, 0.2) is 0 Å². The number of rotatable bonds is 1. The van der Waals surface area contributed by atoms with E-state index >= 15 is 0 Å². The summed E-state index contributed by atoms with van der Waals surface area (Å²) in [5, 5.41) is 0.0267. The first-order chi connectivity index (χ1) is 2.27. The molecule has 0 aliphatic carbocycles. The van der Waals surface area contributed by atoms with Crippen molar-refractivity contribution in [2.24, 2.45) is 0 Å². The minimum Gasteiger partial charge on any atom is -0.0599 e. The lowest BCUT2D eigenvalue weighted by atomic mass is 11.0. The molecular weight excluding hydrogens is 215 g/mol. The van der Waals surface area contributed by atoms with Crippen molar-refractivity contribution in [3.8, 4) is 0 Å². The van der Waals surface area contributed by atoms with Crippen molar-refractivity contribution in [2.45, 2.75) is 6.92 Å². The number of hydrogen-bond donors (Lipinski definition) is 0. The van der Waals surface area contributed by atoms with Crippen molar-refractivity contribution in [1.82, 2.24) is 0 Å². The Hall–Kier alpha value is 1.39. The third-order valence-electron chi connectivity index (χ3n) is 0.239. The average molecular weight is 220 g/mol. The van der Waals surface area contributed by atoms with Crippen LogP contribution in [0.5, 0.6) is 0 Å². The van der Waals surface area contributed by atoms with Crippen LogP contribution in [0.3, 0.4) is 0 Å². The van der Waals surface area contributed by atoms with Crippen molar-refractivity contribution in [3.63, 3.8) is 0 Å². The molecule has 0 aromatic carbocycles. The molecule has 0 nitrogen and oxygen atoms in total. The zero-order valence-corrected chi connectivity index (χ0v) is 6.98. The van der Waals surface area contributed by atoms with Gasteiger partial charge in [-0.3, -0.25) is 0 Å². The molecule has 0 saturated heterocycles. The van der Waals surface area contributed by atoms with Crippen LogP contribution in [0.15, 0.2) is 0 Å². The van der Waals surface area contributed by atoms with Crippen LogP contribution >= 0.6 is 36.3 Å². The van der Waals surface area contributed by atoms with Gasteiger partial charge in [-0.15, -0.1) is 0 Å². The average Bonchev–Trinajstić information content (AvgIpc) is 1.38. The van der Waals surface area contributed by atoms with Gasteiger partial charge in [-0.2, -0.15) is 0 Å². The summed E-state index contributed by atoms with van der Waals surface area (Å²) in [5.41, 5.74) is 0. The Labute approximate surface area is 49.6 Å². The Morgan fingerprint density at radius 2 is 1.80 bits per heavy atom. The molecule has 0 amide bonds. The molecule has 0 aliphatic heterocycles. The van der Waals surface area contributed by atoms with Gasteiger partial charge in [-0.25, -0.2) is 0 Å². The van der Waals surface area contributed by atoms with Crippen LogP contribution in [0.4, 0.5) is 0 Å². The second-order valence-electron chi connectivity index (χ2n) is 0.619. The molecular formula is C2H5Br2P. The van der Waals surface area contributed by atoms with E-state index in [0.29, 0.717) is 0 Å². The SMILES string of the molecule is CCP(Br)Br. The molecule has 0 saturated carbocycles. The topological polar surface area (TPSA) is 0 Å². The largest absolute Gasteiger partial charge is 0.0599 e. The molecule has 0 rings (SSSR count). The molecule has 0 aromatic heterocycles. The Bertz CT molecular complexity index is 21.6. The highest BCUT2D eigenvalue weighted by Crippen LogP contribution is 2.51. The van der Waals surface area contributed by atoms with E-state index in [9.17, 15) is 0 Å². The quantitative estimate of drug-likeness (QED) is 0.595. The van der Waals surface area contributed by atoms with Gasteiger partial charge in [-0.1, -0.05) is 6.92 Å². The van der Waals surface area contributed by atoms with Crippen LogP contribution in [0.1, 0.15) is 6.92 Å². The Morgan fingerprint density at radius 3 is 1.80 bits per heavy atom. The fraction of sp³-hybridized carbons (Fsp3) is 1.00. The Morgan fingerprint density at radius 1 is 1.60 bits per heavy atom. The summed E-state index contributed by atoms with van der Waals surface area (Å²) < 4.78 is 0. The van der Waals surface area contributed by atoms with E-state index in [2.05, 4.69) is 37.9 Å². The molecule has 0 heterocycles. The van der Waals surface area contributed by atoms with Crippen molar-refractivity contribution in [3.05, 3.63) is 0 Å². The third kappa shape index (κ3) is 5.39. The van der Waals surface area contributed by atoms with Gasteiger partial charge in [0.1, 0.15) is 0 Å². The highest BCUT2D eigenvalue weighted by atomic mass is 79.9. The smallest absolute Gasteiger partial charge is 0.0343 e. The lowest BCUT2D eigenvalue weighted by Gasteiger charge is -1.85. The van der Waals surface area contributed by atoms with Crippen LogP contribution in [0.25, 0.3) is 0 Å². The highest BCUT2D eigenvalue weighted by molar-refractivity contribution is 9.69.